The van der Waals surface area contributed by atoms with Crippen LogP contribution in [0.2, 0.25) is 5.02 Å². The standard InChI is InChI=1S/C24H27ClN2O4/c1-30-21-7-3-5-19(13-21)24(29)27(14-17-8-9-17)16-22-15-26(10-11-31-22)23(28)18-4-2-6-20(25)12-18/h2-7,12-13,17,22H,8-11,14-16H2,1H3. The number of nitrogens with zero attached hydrogens (tertiary/aromatic N) is 2. The Morgan fingerprint density at radius 2 is 1.90 bits per heavy atom. The Bertz CT molecular complexity index is 947. The Kier molecular flexibility index (Phi) is 6.78. The van der Waals surface area contributed by atoms with Gasteiger partial charge in [0.05, 0.1) is 19.8 Å². The minimum Gasteiger partial charge on any atom is -0.497 e. The molecule has 164 valence electrons. The fourth-order valence-electron chi connectivity index (χ4n) is 3.86. The number of benzene rings is 2. The van der Waals surface area contributed by atoms with E-state index in [0.29, 0.717) is 60.6 Å². The van der Waals surface area contributed by atoms with Gasteiger partial charge in [-0.1, -0.05) is 23.7 Å². The van der Waals surface area contributed by atoms with Gasteiger partial charge in [0.1, 0.15) is 5.75 Å². The summed E-state index contributed by atoms with van der Waals surface area (Å²) in [6.45, 7) is 2.57. The van der Waals surface area contributed by atoms with E-state index in [1.807, 2.05) is 17.0 Å². The molecular weight excluding hydrogens is 416 g/mol. The summed E-state index contributed by atoms with van der Waals surface area (Å²) in [4.78, 5) is 29.8. The largest absolute Gasteiger partial charge is 0.497 e. The molecule has 1 aliphatic heterocycles. The first-order valence-electron chi connectivity index (χ1n) is 10.6. The summed E-state index contributed by atoms with van der Waals surface area (Å²) >= 11 is 6.05. The zero-order valence-corrected chi connectivity index (χ0v) is 18.4. The first-order valence-corrected chi connectivity index (χ1v) is 11.0. The summed E-state index contributed by atoms with van der Waals surface area (Å²) in [6.07, 6.45) is 2.06. The molecule has 2 fully saturated rings. The highest BCUT2D eigenvalue weighted by Gasteiger charge is 2.32. The van der Waals surface area contributed by atoms with Crippen LogP contribution < -0.4 is 4.74 Å². The maximum atomic E-state index is 13.2. The van der Waals surface area contributed by atoms with E-state index >= 15 is 0 Å². The molecule has 0 aromatic heterocycles. The molecule has 2 amide bonds. The van der Waals surface area contributed by atoms with Crippen LogP contribution >= 0.6 is 11.6 Å². The van der Waals surface area contributed by atoms with Crippen molar-refractivity contribution in [2.75, 3.05) is 39.9 Å². The second kappa shape index (κ2) is 9.71. The second-order valence-electron chi connectivity index (χ2n) is 8.14. The van der Waals surface area contributed by atoms with Gasteiger partial charge in [0.2, 0.25) is 0 Å². The van der Waals surface area contributed by atoms with Crippen LogP contribution in [0, 0.1) is 5.92 Å². The Labute approximate surface area is 187 Å². The molecule has 1 saturated carbocycles. The summed E-state index contributed by atoms with van der Waals surface area (Å²) in [5.41, 5.74) is 1.16. The summed E-state index contributed by atoms with van der Waals surface area (Å²) in [7, 11) is 1.59. The van der Waals surface area contributed by atoms with Crippen molar-refractivity contribution in [2.45, 2.75) is 18.9 Å². The molecule has 31 heavy (non-hydrogen) atoms. The minimum absolute atomic E-state index is 0.0345. The molecule has 1 saturated heterocycles. The highest BCUT2D eigenvalue weighted by atomic mass is 35.5. The average Bonchev–Trinajstić information content (AvgIpc) is 3.62. The zero-order valence-electron chi connectivity index (χ0n) is 17.6. The normalized spacial score (nSPS) is 18.5. The SMILES string of the molecule is COc1cccc(C(=O)N(CC2CC2)CC2CN(C(=O)c3cccc(Cl)c3)CCO2)c1. The van der Waals surface area contributed by atoms with Crippen molar-refractivity contribution in [2.24, 2.45) is 5.92 Å². The van der Waals surface area contributed by atoms with Crippen molar-refractivity contribution < 1.29 is 19.1 Å². The summed E-state index contributed by atoms with van der Waals surface area (Å²) in [6, 6.07) is 14.2. The van der Waals surface area contributed by atoms with Crippen molar-refractivity contribution in [3.05, 3.63) is 64.7 Å². The first-order chi connectivity index (χ1) is 15.0. The van der Waals surface area contributed by atoms with Crippen LogP contribution in [0.15, 0.2) is 48.5 Å². The van der Waals surface area contributed by atoms with Crippen LogP contribution in [-0.2, 0) is 4.74 Å². The number of amides is 2. The number of hydrogen-bond donors (Lipinski definition) is 0. The van der Waals surface area contributed by atoms with Gasteiger partial charge in [-0.2, -0.15) is 0 Å². The lowest BCUT2D eigenvalue weighted by atomic mass is 10.1. The second-order valence-corrected chi connectivity index (χ2v) is 8.58. The lowest BCUT2D eigenvalue weighted by Gasteiger charge is -2.36. The van der Waals surface area contributed by atoms with Gasteiger partial charge in [-0.3, -0.25) is 9.59 Å². The first kappa shape index (κ1) is 21.7. The molecule has 2 aliphatic rings. The fourth-order valence-corrected chi connectivity index (χ4v) is 4.05. The maximum absolute atomic E-state index is 13.2. The van der Waals surface area contributed by atoms with Gasteiger partial charge in [-0.25, -0.2) is 0 Å². The number of carbonyl (C=O) groups excluding carboxylic acids is 2. The molecule has 1 aliphatic carbocycles. The molecule has 0 N–H and O–H groups in total. The van der Waals surface area contributed by atoms with Crippen molar-refractivity contribution in [1.82, 2.24) is 9.80 Å². The van der Waals surface area contributed by atoms with E-state index in [1.54, 1.807) is 48.4 Å². The molecule has 0 spiro atoms. The molecule has 6 nitrogen and oxygen atoms in total. The van der Waals surface area contributed by atoms with E-state index in [1.165, 1.54) is 0 Å². The summed E-state index contributed by atoms with van der Waals surface area (Å²) < 4.78 is 11.2. The van der Waals surface area contributed by atoms with Crippen LogP contribution in [0.4, 0.5) is 0 Å². The topological polar surface area (TPSA) is 59.1 Å². The van der Waals surface area contributed by atoms with E-state index in [9.17, 15) is 9.59 Å². The third-order valence-corrected chi connectivity index (χ3v) is 5.94. The molecular formula is C24H27ClN2O4. The van der Waals surface area contributed by atoms with Crippen LogP contribution in [0.25, 0.3) is 0 Å². The fraction of sp³-hybridized carbons (Fsp3) is 0.417. The third kappa shape index (κ3) is 5.57. The van der Waals surface area contributed by atoms with Gasteiger partial charge in [0.15, 0.2) is 0 Å². The Morgan fingerprint density at radius 1 is 1.13 bits per heavy atom. The third-order valence-electron chi connectivity index (χ3n) is 5.70. The van der Waals surface area contributed by atoms with Crippen molar-refractivity contribution in [1.29, 1.82) is 0 Å². The van der Waals surface area contributed by atoms with Gasteiger partial charge in [0.25, 0.3) is 11.8 Å². The molecule has 7 heteroatoms. The van der Waals surface area contributed by atoms with E-state index in [0.717, 1.165) is 12.8 Å². The summed E-state index contributed by atoms with van der Waals surface area (Å²) in [5.74, 6) is 1.10. The quantitative estimate of drug-likeness (QED) is 0.655. The van der Waals surface area contributed by atoms with Gasteiger partial charge in [-0.05, 0) is 55.2 Å². The van der Waals surface area contributed by atoms with Crippen molar-refractivity contribution in [3.8, 4) is 5.75 Å². The van der Waals surface area contributed by atoms with Gasteiger partial charge in [0, 0.05) is 42.3 Å². The molecule has 0 bridgehead atoms. The van der Waals surface area contributed by atoms with Gasteiger partial charge in [-0.15, -0.1) is 0 Å². The van der Waals surface area contributed by atoms with Crippen molar-refractivity contribution >= 4 is 23.4 Å². The highest BCUT2D eigenvalue weighted by Crippen LogP contribution is 2.30. The van der Waals surface area contributed by atoms with Crippen LogP contribution in [0.3, 0.4) is 0 Å². The number of halogens is 1. The lowest BCUT2D eigenvalue weighted by Crippen LogP contribution is -2.51. The Balaban J connectivity index is 1.45. The molecule has 1 heterocycles. The lowest BCUT2D eigenvalue weighted by molar-refractivity contribution is -0.0335. The van der Waals surface area contributed by atoms with E-state index < -0.39 is 0 Å². The molecule has 2 aromatic rings. The van der Waals surface area contributed by atoms with E-state index in [4.69, 9.17) is 21.1 Å². The van der Waals surface area contributed by atoms with Gasteiger partial charge < -0.3 is 19.3 Å². The average molecular weight is 443 g/mol. The predicted octanol–water partition coefficient (Wildman–Crippen LogP) is 3.74. The number of rotatable bonds is 7. The van der Waals surface area contributed by atoms with Gasteiger partial charge >= 0.3 is 0 Å². The Hall–Kier alpha value is -2.57. The number of morpholine rings is 1. The number of methoxy groups -OCH3 is 1. The molecule has 1 unspecified atom stereocenters. The smallest absolute Gasteiger partial charge is 0.254 e. The van der Waals surface area contributed by atoms with E-state index in [-0.39, 0.29) is 17.9 Å². The predicted molar refractivity (Wildman–Crippen MR) is 119 cm³/mol. The van der Waals surface area contributed by atoms with E-state index in [2.05, 4.69) is 0 Å². The number of hydrogen-bond acceptors (Lipinski definition) is 4. The van der Waals surface area contributed by atoms with Crippen LogP contribution in [-0.4, -0.2) is 67.6 Å². The Morgan fingerprint density at radius 3 is 2.65 bits per heavy atom. The zero-order chi connectivity index (χ0) is 21.8. The maximum Gasteiger partial charge on any atom is 0.254 e. The molecule has 0 radical (unpaired) electrons. The molecule has 2 aromatic carbocycles. The van der Waals surface area contributed by atoms with Crippen LogP contribution in [0.1, 0.15) is 33.6 Å². The number of carbonyl (C=O) groups is 2. The monoisotopic (exact) mass is 442 g/mol. The highest BCUT2D eigenvalue weighted by molar-refractivity contribution is 6.30. The molecule has 4 rings (SSSR count). The molecule has 1 atom stereocenters. The van der Waals surface area contributed by atoms with Crippen molar-refractivity contribution in [3.63, 3.8) is 0 Å². The summed E-state index contributed by atoms with van der Waals surface area (Å²) in [5, 5.41) is 0.537. The van der Waals surface area contributed by atoms with Crippen LogP contribution in [0.5, 0.6) is 5.75 Å². The number of ether oxygens (including phenoxy) is 2. The minimum atomic E-state index is -0.231.